The molecule has 0 aliphatic carbocycles. The van der Waals surface area contributed by atoms with Crippen molar-refractivity contribution in [3.63, 3.8) is 0 Å². The Morgan fingerprint density at radius 2 is 2.43 bits per heavy atom. The second-order valence-electron chi connectivity index (χ2n) is 0.949. The second kappa shape index (κ2) is 3.74. The number of hydrogen-bond donors (Lipinski definition) is 2. The number of amides is 1. The molecule has 0 saturated heterocycles. The molecule has 0 aliphatic rings. The minimum Gasteiger partial charge on any atom is -0.324 e. The third kappa shape index (κ3) is 5.56. The first-order valence-corrected chi connectivity index (χ1v) is 2.32. The standard InChI is InChI=1S/C4H7NOS/c1-2-3-5-4(6)7/h2-3H,1H3,(H2,5,6,7). The third-order valence-electron chi connectivity index (χ3n) is 0.373. The molecule has 0 aromatic rings. The van der Waals surface area contributed by atoms with Gasteiger partial charge in [-0.15, -0.1) is 0 Å². The average Bonchev–Trinajstić information content (AvgIpc) is 1.61. The lowest BCUT2D eigenvalue weighted by atomic mass is 10.7. The molecule has 3 heteroatoms. The van der Waals surface area contributed by atoms with Crippen molar-refractivity contribution in [2.45, 2.75) is 6.92 Å². The van der Waals surface area contributed by atoms with E-state index in [0.717, 1.165) is 0 Å². The number of thiol groups is 1. The predicted octanol–water partition coefficient (Wildman–Crippen LogP) is 1.16. The van der Waals surface area contributed by atoms with E-state index in [1.54, 1.807) is 6.08 Å². The van der Waals surface area contributed by atoms with Gasteiger partial charge in [-0.25, -0.2) is 0 Å². The molecule has 40 valence electrons. The summed E-state index contributed by atoms with van der Waals surface area (Å²) in [5.74, 6) is 0. The minimum absolute atomic E-state index is 0.335. The van der Waals surface area contributed by atoms with E-state index in [2.05, 4.69) is 17.9 Å². The average molecular weight is 117 g/mol. The molecular weight excluding hydrogens is 110 g/mol. The van der Waals surface area contributed by atoms with Gasteiger partial charge in [0.25, 0.3) is 5.24 Å². The van der Waals surface area contributed by atoms with Crippen molar-refractivity contribution in [3.8, 4) is 0 Å². The highest BCUT2D eigenvalue weighted by Gasteiger charge is 1.78. The Morgan fingerprint density at radius 1 is 1.86 bits per heavy atom. The number of carbonyl (C=O) groups excluding carboxylic acids is 1. The molecule has 0 aromatic heterocycles. The lowest BCUT2D eigenvalue weighted by Crippen LogP contribution is -2.05. The first-order valence-electron chi connectivity index (χ1n) is 1.88. The zero-order valence-electron chi connectivity index (χ0n) is 4.01. The zero-order valence-corrected chi connectivity index (χ0v) is 4.90. The maximum absolute atomic E-state index is 9.90. The highest BCUT2D eigenvalue weighted by Crippen LogP contribution is 1.73. The molecule has 0 aromatic carbocycles. The fourth-order valence-corrected chi connectivity index (χ4v) is 0.229. The molecule has 1 amide bonds. The molecule has 0 bridgehead atoms. The van der Waals surface area contributed by atoms with Gasteiger partial charge in [0, 0.05) is 6.20 Å². The summed E-state index contributed by atoms with van der Waals surface area (Å²) < 4.78 is 0. The highest BCUT2D eigenvalue weighted by molar-refractivity contribution is 7.96. The van der Waals surface area contributed by atoms with Gasteiger partial charge in [-0.2, -0.15) is 0 Å². The normalized spacial score (nSPS) is 9.43. The maximum Gasteiger partial charge on any atom is 0.279 e. The first-order chi connectivity index (χ1) is 3.27. The zero-order chi connectivity index (χ0) is 5.70. The van der Waals surface area contributed by atoms with Crippen LogP contribution in [0.3, 0.4) is 0 Å². The van der Waals surface area contributed by atoms with Crippen LogP contribution in [0.1, 0.15) is 6.92 Å². The Kier molecular flexibility index (Phi) is 3.50. The van der Waals surface area contributed by atoms with Crippen LogP contribution >= 0.6 is 12.6 Å². The Balaban J connectivity index is 3.14. The Morgan fingerprint density at radius 3 is 2.57 bits per heavy atom. The van der Waals surface area contributed by atoms with Crippen LogP contribution in [-0.2, 0) is 0 Å². The maximum atomic E-state index is 9.90. The third-order valence-corrected chi connectivity index (χ3v) is 0.503. The smallest absolute Gasteiger partial charge is 0.279 e. The van der Waals surface area contributed by atoms with E-state index in [1.807, 2.05) is 6.92 Å². The molecule has 1 N–H and O–H groups in total. The molecule has 0 saturated carbocycles. The number of allylic oxidation sites excluding steroid dienone is 1. The molecule has 2 nitrogen and oxygen atoms in total. The van der Waals surface area contributed by atoms with Crippen molar-refractivity contribution in [2.24, 2.45) is 0 Å². The SMILES string of the molecule is CC=CNC(=O)S. The predicted molar refractivity (Wildman–Crippen MR) is 32.3 cm³/mol. The molecule has 0 atom stereocenters. The van der Waals surface area contributed by atoms with Crippen LogP contribution in [0.25, 0.3) is 0 Å². The molecule has 0 radical (unpaired) electrons. The van der Waals surface area contributed by atoms with Crippen molar-refractivity contribution in [2.75, 3.05) is 0 Å². The molecule has 7 heavy (non-hydrogen) atoms. The van der Waals surface area contributed by atoms with Gasteiger partial charge in [0.05, 0.1) is 0 Å². The van der Waals surface area contributed by atoms with Crippen LogP contribution in [0.4, 0.5) is 4.79 Å². The Labute approximate surface area is 48.0 Å². The monoisotopic (exact) mass is 117 g/mol. The van der Waals surface area contributed by atoms with Crippen LogP contribution in [0.5, 0.6) is 0 Å². The quantitative estimate of drug-likeness (QED) is 0.496. The molecule has 0 rings (SSSR count). The van der Waals surface area contributed by atoms with Gasteiger partial charge in [-0.3, -0.25) is 4.79 Å². The Hall–Kier alpha value is -0.440. The van der Waals surface area contributed by atoms with E-state index >= 15 is 0 Å². The topological polar surface area (TPSA) is 29.1 Å². The van der Waals surface area contributed by atoms with Gasteiger partial charge in [-0.05, 0) is 6.92 Å². The van der Waals surface area contributed by atoms with E-state index in [9.17, 15) is 4.79 Å². The summed E-state index contributed by atoms with van der Waals surface area (Å²) in [7, 11) is 0. The molecule has 0 unspecified atom stereocenters. The first kappa shape index (κ1) is 6.56. The summed E-state index contributed by atoms with van der Waals surface area (Å²) in [6, 6.07) is 0. The molecule has 0 aliphatic heterocycles. The van der Waals surface area contributed by atoms with E-state index in [4.69, 9.17) is 0 Å². The van der Waals surface area contributed by atoms with E-state index in [1.165, 1.54) is 6.20 Å². The molecule has 0 fully saturated rings. The molecule has 0 heterocycles. The fraction of sp³-hybridized carbons (Fsp3) is 0.250. The number of hydrogen-bond acceptors (Lipinski definition) is 1. The van der Waals surface area contributed by atoms with Crippen LogP contribution < -0.4 is 5.32 Å². The molecule has 0 spiro atoms. The summed E-state index contributed by atoms with van der Waals surface area (Å²) in [4.78, 5) is 9.90. The fourth-order valence-electron chi connectivity index (χ4n) is 0.155. The van der Waals surface area contributed by atoms with Crippen LogP contribution in [0, 0.1) is 0 Å². The molecular formula is C4H7NOS. The van der Waals surface area contributed by atoms with E-state index in [-0.39, 0.29) is 5.24 Å². The van der Waals surface area contributed by atoms with E-state index < -0.39 is 0 Å². The van der Waals surface area contributed by atoms with Crippen LogP contribution in [0.15, 0.2) is 12.3 Å². The van der Waals surface area contributed by atoms with Gasteiger partial charge < -0.3 is 5.32 Å². The van der Waals surface area contributed by atoms with Crippen molar-refractivity contribution >= 4 is 17.9 Å². The number of nitrogens with one attached hydrogen (secondary N) is 1. The van der Waals surface area contributed by atoms with Gasteiger partial charge in [0.1, 0.15) is 0 Å². The largest absolute Gasteiger partial charge is 0.324 e. The van der Waals surface area contributed by atoms with Crippen molar-refractivity contribution in [1.82, 2.24) is 5.32 Å². The second-order valence-corrected chi connectivity index (χ2v) is 1.36. The summed E-state index contributed by atoms with van der Waals surface area (Å²) in [5, 5.41) is 2.00. The number of carbonyl (C=O) groups is 1. The lowest BCUT2D eigenvalue weighted by molar-refractivity contribution is 0.263. The van der Waals surface area contributed by atoms with Crippen molar-refractivity contribution < 1.29 is 4.79 Å². The van der Waals surface area contributed by atoms with Crippen LogP contribution in [-0.4, -0.2) is 5.24 Å². The highest BCUT2D eigenvalue weighted by atomic mass is 32.1. The van der Waals surface area contributed by atoms with Gasteiger partial charge in [0.15, 0.2) is 0 Å². The van der Waals surface area contributed by atoms with Crippen molar-refractivity contribution in [1.29, 1.82) is 0 Å². The lowest BCUT2D eigenvalue weighted by Gasteiger charge is -1.84. The summed E-state index contributed by atoms with van der Waals surface area (Å²) in [5.41, 5.74) is 0. The van der Waals surface area contributed by atoms with E-state index in [0.29, 0.717) is 0 Å². The summed E-state index contributed by atoms with van der Waals surface area (Å²) in [6.07, 6.45) is 3.24. The number of rotatable bonds is 1. The van der Waals surface area contributed by atoms with Gasteiger partial charge >= 0.3 is 0 Å². The minimum atomic E-state index is -0.335. The van der Waals surface area contributed by atoms with Gasteiger partial charge in [0.2, 0.25) is 0 Å². The van der Waals surface area contributed by atoms with Crippen LogP contribution in [0.2, 0.25) is 0 Å². The van der Waals surface area contributed by atoms with Gasteiger partial charge in [-0.1, -0.05) is 18.7 Å². The Bertz CT molecular complexity index is 89.7. The summed E-state index contributed by atoms with van der Waals surface area (Å²) in [6.45, 7) is 1.81. The summed E-state index contributed by atoms with van der Waals surface area (Å²) >= 11 is 3.43. The van der Waals surface area contributed by atoms with Crippen molar-refractivity contribution in [3.05, 3.63) is 12.3 Å².